The van der Waals surface area contributed by atoms with Gasteiger partial charge in [0.05, 0.1) is 11.4 Å². The van der Waals surface area contributed by atoms with Gasteiger partial charge in [-0.2, -0.15) is 5.11 Å². The van der Waals surface area contributed by atoms with Crippen LogP contribution in [0.1, 0.15) is 0 Å². The van der Waals surface area contributed by atoms with Gasteiger partial charge in [-0.3, -0.25) is 0 Å². The van der Waals surface area contributed by atoms with Crippen molar-refractivity contribution in [1.82, 2.24) is 0 Å². The highest BCUT2D eigenvalue weighted by Gasteiger charge is 2.05. The van der Waals surface area contributed by atoms with Gasteiger partial charge in [0.2, 0.25) is 0 Å². The zero-order chi connectivity index (χ0) is 15.4. The molecule has 0 amide bonds. The highest BCUT2D eigenvalue weighted by Crippen LogP contribution is 2.33. The molecule has 0 fully saturated rings. The Labute approximate surface area is 139 Å². The van der Waals surface area contributed by atoms with Crippen LogP contribution in [0, 0.1) is 0 Å². The van der Waals surface area contributed by atoms with Crippen LogP contribution >= 0.6 is 23.2 Å². The molecule has 22 heavy (non-hydrogen) atoms. The van der Waals surface area contributed by atoms with Gasteiger partial charge in [0, 0.05) is 15.6 Å². The Morgan fingerprint density at radius 1 is 0.636 bits per heavy atom. The van der Waals surface area contributed by atoms with Crippen LogP contribution in [0.3, 0.4) is 0 Å². The standard InChI is InChI=1S/C18H12Cl2N2/c19-14-6-9-16(10-7-14)21-22-18-11-8-15(20)12-17(18)13-4-2-1-3-5-13/h1-12H. The van der Waals surface area contributed by atoms with E-state index in [-0.39, 0.29) is 0 Å². The van der Waals surface area contributed by atoms with Crippen molar-refractivity contribution < 1.29 is 0 Å². The molecule has 0 heterocycles. The van der Waals surface area contributed by atoms with Gasteiger partial charge >= 0.3 is 0 Å². The Morgan fingerprint density at radius 3 is 2.05 bits per heavy atom. The van der Waals surface area contributed by atoms with Gasteiger partial charge in [0.15, 0.2) is 0 Å². The number of rotatable bonds is 3. The predicted molar refractivity (Wildman–Crippen MR) is 92.5 cm³/mol. The Bertz CT molecular complexity index is 797. The molecule has 0 N–H and O–H groups in total. The SMILES string of the molecule is Clc1ccc(N=Nc2ccc(Cl)cc2-c2ccccc2)cc1. The number of benzene rings is 3. The smallest absolute Gasteiger partial charge is 0.0936 e. The molecule has 0 aliphatic carbocycles. The quantitative estimate of drug-likeness (QED) is 0.459. The predicted octanol–water partition coefficient (Wildman–Crippen LogP) is 7.08. The topological polar surface area (TPSA) is 24.7 Å². The van der Waals surface area contributed by atoms with E-state index in [2.05, 4.69) is 10.2 Å². The molecule has 0 bridgehead atoms. The molecule has 4 heteroatoms. The van der Waals surface area contributed by atoms with Gasteiger partial charge in [-0.1, -0.05) is 53.5 Å². The molecule has 3 aromatic rings. The molecule has 2 nitrogen and oxygen atoms in total. The lowest BCUT2D eigenvalue weighted by Crippen LogP contribution is -1.78. The molecule has 3 rings (SSSR count). The van der Waals surface area contributed by atoms with E-state index in [0.717, 1.165) is 22.5 Å². The van der Waals surface area contributed by atoms with Crippen molar-refractivity contribution in [2.24, 2.45) is 10.2 Å². The minimum Gasteiger partial charge on any atom is -0.151 e. The van der Waals surface area contributed by atoms with Crippen LogP contribution in [-0.2, 0) is 0 Å². The lowest BCUT2D eigenvalue weighted by molar-refractivity contribution is 1.23. The first-order chi connectivity index (χ1) is 10.7. The maximum absolute atomic E-state index is 6.11. The van der Waals surface area contributed by atoms with Crippen molar-refractivity contribution in [2.45, 2.75) is 0 Å². The van der Waals surface area contributed by atoms with Gasteiger partial charge < -0.3 is 0 Å². The summed E-state index contributed by atoms with van der Waals surface area (Å²) in [6.45, 7) is 0. The Kier molecular flexibility index (Phi) is 4.52. The van der Waals surface area contributed by atoms with Gasteiger partial charge in [0.25, 0.3) is 0 Å². The first-order valence-electron chi connectivity index (χ1n) is 6.75. The second-order valence-corrected chi connectivity index (χ2v) is 5.58. The second kappa shape index (κ2) is 6.73. The van der Waals surface area contributed by atoms with E-state index >= 15 is 0 Å². The van der Waals surface area contributed by atoms with Crippen molar-refractivity contribution >= 4 is 34.6 Å². The Morgan fingerprint density at radius 2 is 1.32 bits per heavy atom. The van der Waals surface area contributed by atoms with Crippen molar-refractivity contribution in [3.05, 3.63) is 82.8 Å². The minimum absolute atomic E-state index is 0.671. The molecule has 0 atom stereocenters. The van der Waals surface area contributed by atoms with E-state index in [1.807, 2.05) is 60.7 Å². The van der Waals surface area contributed by atoms with Crippen LogP contribution in [0.5, 0.6) is 0 Å². The molecule has 3 aromatic carbocycles. The third-order valence-electron chi connectivity index (χ3n) is 3.14. The van der Waals surface area contributed by atoms with Crippen LogP contribution in [-0.4, -0.2) is 0 Å². The van der Waals surface area contributed by atoms with E-state index in [9.17, 15) is 0 Å². The molecular weight excluding hydrogens is 315 g/mol. The highest BCUT2D eigenvalue weighted by atomic mass is 35.5. The average Bonchev–Trinajstić information content (AvgIpc) is 2.56. The monoisotopic (exact) mass is 326 g/mol. The van der Waals surface area contributed by atoms with E-state index in [1.54, 1.807) is 12.1 Å². The van der Waals surface area contributed by atoms with Crippen molar-refractivity contribution in [3.8, 4) is 11.1 Å². The fourth-order valence-electron chi connectivity index (χ4n) is 2.06. The lowest BCUT2D eigenvalue weighted by atomic mass is 10.0. The fraction of sp³-hybridized carbons (Fsp3) is 0. The first-order valence-corrected chi connectivity index (χ1v) is 7.50. The van der Waals surface area contributed by atoms with Crippen LogP contribution in [0.25, 0.3) is 11.1 Å². The summed E-state index contributed by atoms with van der Waals surface area (Å²) in [5, 5.41) is 9.95. The normalized spacial score (nSPS) is 11.0. The van der Waals surface area contributed by atoms with Gasteiger partial charge in [-0.15, -0.1) is 5.11 Å². The third kappa shape index (κ3) is 3.53. The van der Waals surface area contributed by atoms with Crippen LogP contribution in [0.15, 0.2) is 83.0 Å². The van der Waals surface area contributed by atoms with Gasteiger partial charge in [-0.05, 0) is 48.0 Å². The summed E-state index contributed by atoms with van der Waals surface area (Å²) >= 11 is 12.0. The maximum Gasteiger partial charge on any atom is 0.0936 e. The number of hydrogen-bond acceptors (Lipinski definition) is 2. The molecule has 0 aliphatic heterocycles. The van der Waals surface area contributed by atoms with E-state index in [1.165, 1.54) is 0 Å². The second-order valence-electron chi connectivity index (χ2n) is 4.70. The fourth-order valence-corrected chi connectivity index (χ4v) is 2.36. The summed E-state index contributed by atoms with van der Waals surface area (Å²) < 4.78 is 0. The van der Waals surface area contributed by atoms with Crippen molar-refractivity contribution in [1.29, 1.82) is 0 Å². The molecule has 0 saturated heterocycles. The molecule has 0 radical (unpaired) electrons. The van der Waals surface area contributed by atoms with Crippen LogP contribution < -0.4 is 0 Å². The van der Waals surface area contributed by atoms with Crippen LogP contribution in [0.4, 0.5) is 11.4 Å². The van der Waals surface area contributed by atoms with E-state index < -0.39 is 0 Å². The van der Waals surface area contributed by atoms with Crippen molar-refractivity contribution in [3.63, 3.8) is 0 Å². The van der Waals surface area contributed by atoms with E-state index in [0.29, 0.717) is 10.0 Å². The maximum atomic E-state index is 6.11. The zero-order valence-corrected chi connectivity index (χ0v) is 13.1. The Hall–Kier alpha value is -2.16. The largest absolute Gasteiger partial charge is 0.151 e. The molecule has 0 saturated carbocycles. The van der Waals surface area contributed by atoms with E-state index in [4.69, 9.17) is 23.2 Å². The van der Waals surface area contributed by atoms with Crippen LogP contribution in [0.2, 0.25) is 10.0 Å². The lowest BCUT2D eigenvalue weighted by Gasteiger charge is -2.05. The first kappa shape index (κ1) is 14.8. The van der Waals surface area contributed by atoms with Gasteiger partial charge in [0.1, 0.15) is 0 Å². The average molecular weight is 327 g/mol. The highest BCUT2D eigenvalue weighted by molar-refractivity contribution is 6.31. The number of azo groups is 1. The molecule has 108 valence electrons. The number of hydrogen-bond donors (Lipinski definition) is 0. The molecular formula is C18H12Cl2N2. The minimum atomic E-state index is 0.671. The Balaban J connectivity index is 1.99. The third-order valence-corrected chi connectivity index (χ3v) is 3.63. The molecule has 0 aliphatic rings. The number of halogens is 2. The molecule has 0 unspecified atom stereocenters. The summed E-state index contributed by atoms with van der Waals surface area (Å²) in [5.74, 6) is 0. The molecule has 0 spiro atoms. The summed E-state index contributed by atoms with van der Waals surface area (Å²) in [6, 6.07) is 22.8. The summed E-state index contributed by atoms with van der Waals surface area (Å²) in [7, 11) is 0. The van der Waals surface area contributed by atoms with Crippen molar-refractivity contribution in [2.75, 3.05) is 0 Å². The van der Waals surface area contributed by atoms with Gasteiger partial charge in [-0.25, -0.2) is 0 Å². The number of nitrogens with zero attached hydrogens (tertiary/aromatic N) is 2. The molecule has 0 aromatic heterocycles. The summed E-state index contributed by atoms with van der Waals surface area (Å²) in [6.07, 6.45) is 0. The zero-order valence-electron chi connectivity index (χ0n) is 11.6. The summed E-state index contributed by atoms with van der Waals surface area (Å²) in [4.78, 5) is 0. The summed E-state index contributed by atoms with van der Waals surface area (Å²) in [5.41, 5.74) is 3.52.